The standard InChI is InChI=1S/C25H29NO3/c1-4-6-13-26(14-7-5-2)17-11-12-18-19-16-23(27)25(3,28)20-9-8-10-21(24(19)20)29-22(18)15-17/h8-12,15-16,28H,4-7,13-14H2,1-3H3. The van der Waals surface area contributed by atoms with Gasteiger partial charge in [-0.1, -0.05) is 38.8 Å². The predicted octanol–water partition coefficient (Wildman–Crippen LogP) is 5.42. The van der Waals surface area contributed by atoms with Crippen LogP contribution in [0.3, 0.4) is 0 Å². The van der Waals surface area contributed by atoms with Gasteiger partial charge in [-0.3, -0.25) is 4.79 Å². The van der Waals surface area contributed by atoms with Gasteiger partial charge < -0.3 is 14.7 Å². The number of hydrogen-bond donors (Lipinski definition) is 1. The molecule has 0 amide bonds. The number of fused-ring (bicyclic) bond motifs is 2. The Hall–Kier alpha value is -2.59. The van der Waals surface area contributed by atoms with Gasteiger partial charge in [-0.15, -0.1) is 0 Å². The lowest BCUT2D eigenvalue weighted by molar-refractivity contribution is -0.131. The summed E-state index contributed by atoms with van der Waals surface area (Å²) in [6.45, 7) is 8.03. The molecule has 0 fully saturated rings. The second kappa shape index (κ2) is 7.68. The van der Waals surface area contributed by atoms with Crippen LogP contribution >= 0.6 is 0 Å². The molecule has 1 heterocycles. The first-order valence-corrected chi connectivity index (χ1v) is 10.7. The van der Waals surface area contributed by atoms with E-state index in [1.54, 1.807) is 13.0 Å². The zero-order chi connectivity index (χ0) is 20.6. The Morgan fingerprint density at radius 1 is 1.03 bits per heavy atom. The number of unbranched alkanes of at least 4 members (excludes halogenated alkanes) is 2. The molecule has 4 heteroatoms. The molecule has 2 aromatic carbocycles. The lowest BCUT2D eigenvalue weighted by atomic mass is 9.76. The number of carbonyl (C=O) groups excluding carboxylic acids is 1. The summed E-state index contributed by atoms with van der Waals surface area (Å²) in [6, 6.07) is 11.8. The minimum atomic E-state index is -1.52. The monoisotopic (exact) mass is 391 g/mol. The van der Waals surface area contributed by atoms with E-state index in [2.05, 4.69) is 36.9 Å². The summed E-state index contributed by atoms with van der Waals surface area (Å²) in [5.41, 5.74) is 2.82. The van der Waals surface area contributed by atoms with Crippen molar-refractivity contribution < 1.29 is 14.6 Å². The van der Waals surface area contributed by atoms with Crippen LogP contribution in [0.4, 0.5) is 5.69 Å². The Bertz CT molecular complexity index is 966. The second-order valence-electron chi connectivity index (χ2n) is 8.15. The van der Waals surface area contributed by atoms with Crippen LogP contribution in [0.25, 0.3) is 5.57 Å². The summed E-state index contributed by atoms with van der Waals surface area (Å²) in [5.74, 6) is 1.17. The maximum Gasteiger partial charge on any atom is 0.192 e. The summed E-state index contributed by atoms with van der Waals surface area (Å²) >= 11 is 0. The van der Waals surface area contributed by atoms with Crippen LogP contribution in [0.1, 0.15) is 63.1 Å². The van der Waals surface area contributed by atoms with Gasteiger partial charge in [0.1, 0.15) is 17.1 Å². The van der Waals surface area contributed by atoms with Crippen molar-refractivity contribution in [3.05, 3.63) is 59.2 Å². The Labute approximate surface area is 172 Å². The van der Waals surface area contributed by atoms with Gasteiger partial charge >= 0.3 is 0 Å². The van der Waals surface area contributed by atoms with E-state index in [-0.39, 0.29) is 5.78 Å². The van der Waals surface area contributed by atoms with Gasteiger partial charge in [0.15, 0.2) is 5.78 Å². The number of nitrogens with zero attached hydrogens (tertiary/aromatic N) is 1. The molecule has 1 aliphatic carbocycles. The Morgan fingerprint density at radius 3 is 2.45 bits per heavy atom. The summed E-state index contributed by atoms with van der Waals surface area (Å²) in [4.78, 5) is 15.1. The highest BCUT2D eigenvalue weighted by molar-refractivity contribution is 6.11. The molecule has 0 bridgehead atoms. The molecule has 2 aromatic rings. The zero-order valence-corrected chi connectivity index (χ0v) is 17.5. The molecule has 0 radical (unpaired) electrons. The van der Waals surface area contributed by atoms with Gasteiger partial charge in [-0.05, 0) is 44.0 Å². The second-order valence-corrected chi connectivity index (χ2v) is 8.15. The van der Waals surface area contributed by atoms with Crippen LogP contribution in [0.5, 0.6) is 11.5 Å². The molecule has 29 heavy (non-hydrogen) atoms. The van der Waals surface area contributed by atoms with E-state index in [1.165, 1.54) is 0 Å². The Kier molecular flexibility index (Phi) is 5.22. The van der Waals surface area contributed by atoms with Crippen molar-refractivity contribution >= 4 is 17.0 Å². The van der Waals surface area contributed by atoms with E-state index in [1.807, 2.05) is 18.2 Å². The van der Waals surface area contributed by atoms with Gasteiger partial charge in [0.2, 0.25) is 0 Å². The zero-order valence-electron chi connectivity index (χ0n) is 17.5. The molecule has 1 N–H and O–H groups in total. The molecule has 2 aliphatic rings. The number of rotatable bonds is 7. The quantitative estimate of drug-likeness (QED) is 0.584. The van der Waals surface area contributed by atoms with E-state index < -0.39 is 5.60 Å². The first-order valence-electron chi connectivity index (χ1n) is 10.7. The molecule has 0 saturated heterocycles. The van der Waals surface area contributed by atoms with E-state index in [4.69, 9.17) is 4.74 Å². The van der Waals surface area contributed by atoms with Crippen molar-refractivity contribution in [3.63, 3.8) is 0 Å². The van der Waals surface area contributed by atoms with Crippen LogP contribution in [0.2, 0.25) is 0 Å². The molecule has 4 nitrogen and oxygen atoms in total. The van der Waals surface area contributed by atoms with Crippen LogP contribution < -0.4 is 9.64 Å². The minimum absolute atomic E-state index is 0.290. The summed E-state index contributed by atoms with van der Waals surface area (Å²) < 4.78 is 6.26. The number of ether oxygens (including phenoxy) is 1. The maximum atomic E-state index is 12.6. The fraction of sp³-hybridized carbons (Fsp3) is 0.400. The average molecular weight is 392 g/mol. The maximum absolute atomic E-state index is 12.6. The van der Waals surface area contributed by atoms with Crippen LogP contribution in [-0.4, -0.2) is 24.0 Å². The first-order chi connectivity index (χ1) is 14.0. The van der Waals surface area contributed by atoms with E-state index in [0.717, 1.165) is 66.9 Å². The van der Waals surface area contributed by atoms with Crippen molar-refractivity contribution in [1.82, 2.24) is 0 Å². The van der Waals surface area contributed by atoms with Crippen molar-refractivity contribution in [2.24, 2.45) is 0 Å². The number of carbonyl (C=O) groups is 1. The lowest BCUT2D eigenvalue weighted by Gasteiger charge is -2.34. The largest absolute Gasteiger partial charge is 0.456 e. The molecule has 152 valence electrons. The summed E-state index contributed by atoms with van der Waals surface area (Å²) in [6.07, 6.45) is 6.20. The number of aliphatic hydroxyl groups is 1. The van der Waals surface area contributed by atoms with E-state index >= 15 is 0 Å². The van der Waals surface area contributed by atoms with Gasteiger partial charge in [0.25, 0.3) is 0 Å². The molecular formula is C25H29NO3. The molecule has 1 atom stereocenters. The summed E-state index contributed by atoms with van der Waals surface area (Å²) in [7, 11) is 0. The molecule has 0 spiro atoms. The van der Waals surface area contributed by atoms with Crippen LogP contribution in [-0.2, 0) is 10.4 Å². The molecular weight excluding hydrogens is 362 g/mol. The minimum Gasteiger partial charge on any atom is -0.456 e. The number of anilines is 1. The topological polar surface area (TPSA) is 49.8 Å². The predicted molar refractivity (Wildman–Crippen MR) is 117 cm³/mol. The fourth-order valence-electron chi connectivity index (χ4n) is 4.19. The smallest absolute Gasteiger partial charge is 0.192 e. The Balaban J connectivity index is 1.76. The van der Waals surface area contributed by atoms with E-state index in [9.17, 15) is 9.90 Å². The van der Waals surface area contributed by atoms with Crippen LogP contribution in [0.15, 0.2) is 42.5 Å². The fourth-order valence-corrected chi connectivity index (χ4v) is 4.19. The van der Waals surface area contributed by atoms with Crippen molar-refractivity contribution in [2.75, 3.05) is 18.0 Å². The average Bonchev–Trinajstić information content (AvgIpc) is 2.71. The first kappa shape index (κ1) is 19.7. The normalized spacial score (nSPS) is 19.2. The van der Waals surface area contributed by atoms with Gasteiger partial charge in [-0.25, -0.2) is 0 Å². The molecule has 0 saturated carbocycles. The third kappa shape index (κ3) is 3.36. The highest BCUT2D eigenvalue weighted by Gasteiger charge is 2.41. The number of hydrogen-bond acceptors (Lipinski definition) is 4. The van der Waals surface area contributed by atoms with E-state index in [0.29, 0.717) is 11.3 Å². The number of benzene rings is 2. The molecule has 1 aliphatic heterocycles. The number of ketones is 1. The summed E-state index contributed by atoms with van der Waals surface area (Å²) in [5, 5.41) is 10.7. The third-order valence-corrected chi connectivity index (χ3v) is 5.98. The third-order valence-electron chi connectivity index (χ3n) is 5.98. The molecule has 4 rings (SSSR count). The Morgan fingerprint density at radius 2 is 1.76 bits per heavy atom. The highest BCUT2D eigenvalue weighted by atomic mass is 16.5. The lowest BCUT2D eigenvalue weighted by Crippen LogP contribution is -2.35. The SMILES string of the molecule is CCCCN(CCCC)c1ccc2c(c1)Oc1cccc3c1C2=CC(=O)C3(C)O. The van der Waals surface area contributed by atoms with Crippen molar-refractivity contribution in [1.29, 1.82) is 0 Å². The van der Waals surface area contributed by atoms with Crippen molar-refractivity contribution in [3.8, 4) is 11.5 Å². The highest BCUT2D eigenvalue weighted by Crippen LogP contribution is 2.50. The van der Waals surface area contributed by atoms with Gasteiger partial charge in [0, 0.05) is 47.1 Å². The van der Waals surface area contributed by atoms with Gasteiger partial charge in [0.05, 0.1) is 0 Å². The van der Waals surface area contributed by atoms with Gasteiger partial charge in [-0.2, -0.15) is 0 Å². The van der Waals surface area contributed by atoms with Crippen molar-refractivity contribution in [2.45, 2.75) is 52.1 Å². The molecule has 0 aromatic heterocycles. The molecule has 1 unspecified atom stereocenters. The van der Waals surface area contributed by atoms with Crippen LogP contribution in [0, 0.1) is 0 Å².